The molecule has 0 radical (unpaired) electrons. The number of Topliss-reactive ketones (excluding diaryl/α,β-unsaturated/α-hetero) is 4. The molecule has 4 aromatic rings. The van der Waals surface area contributed by atoms with E-state index in [1.165, 1.54) is 20.0 Å². The van der Waals surface area contributed by atoms with Crippen molar-refractivity contribution in [2.24, 2.45) is 34.4 Å². The molecule has 19 heteroatoms. The van der Waals surface area contributed by atoms with E-state index in [0.29, 0.717) is 57.2 Å². The SMILES string of the molecule is C=CCOC(=O)CC[C@@H](CC(=O)CNC(=O)[C@@H](CC(=O)[C@@H](CCCNC(N)=NC)NC(=O)[C@H](CCCCNC)CC(=O)[C@H](Cc1ccc(OC(C)(C)C)cc1)NC(=O)[C@@H](CC)Cc1ccccc1)Cc1ccc2ccccc2c1)C(=O)N[C@@H](CCCCC)C(C)=O. The normalized spacial score (nSPS) is 13.9. The van der Waals surface area contributed by atoms with Gasteiger partial charge in [-0.2, -0.15) is 0 Å². The van der Waals surface area contributed by atoms with Gasteiger partial charge >= 0.3 is 5.97 Å². The van der Waals surface area contributed by atoms with Crippen LogP contribution in [-0.4, -0.2) is 123 Å². The van der Waals surface area contributed by atoms with Gasteiger partial charge in [-0.1, -0.05) is 137 Å². The number of carbonyl (C=O) groups is 9. The lowest BCUT2D eigenvalue weighted by Crippen LogP contribution is -2.48. The summed E-state index contributed by atoms with van der Waals surface area (Å²) >= 11 is 0. The van der Waals surface area contributed by atoms with Gasteiger partial charge in [0, 0.05) is 62.9 Å². The van der Waals surface area contributed by atoms with Crippen molar-refractivity contribution >= 4 is 69.5 Å². The maximum absolute atomic E-state index is 15.1. The summed E-state index contributed by atoms with van der Waals surface area (Å²) in [5.74, 6) is -6.85. The number of hydrogen-bond donors (Lipinski definition) is 7. The summed E-state index contributed by atoms with van der Waals surface area (Å²) < 4.78 is 11.2. The number of fused-ring (bicyclic) bond motifs is 1. The van der Waals surface area contributed by atoms with Crippen LogP contribution in [0.3, 0.4) is 0 Å². The first-order chi connectivity index (χ1) is 43.6. The van der Waals surface area contributed by atoms with Gasteiger partial charge < -0.3 is 47.1 Å². The quantitative estimate of drug-likeness (QED) is 0.00717. The number of aliphatic imine (C=N–C) groups is 1. The van der Waals surface area contributed by atoms with Crippen molar-refractivity contribution in [1.29, 1.82) is 0 Å². The van der Waals surface area contributed by atoms with Crippen LogP contribution in [0.2, 0.25) is 0 Å². The predicted molar refractivity (Wildman–Crippen MR) is 358 cm³/mol. The number of benzene rings is 4. The molecule has 0 bridgehead atoms. The maximum atomic E-state index is 15.1. The van der Waals surface area contributed by atoms with Crippen LogP contribution in [0.4, 0.5) is 0 Å². The fourth-order valence-electron chi connectivity index (χ4n) is 10.8. The van der Waals surface area contributed by atoms with Gasteiger partial charge in [0.1, 0.15) is 18.0 Å². The van der Waals surface area contributed by atoms with E-state index >= 15 is 9.59 Å². The van der Waals surface area contributed by atoms with E-state index in [-0.39, 0.29) is 94.4 Å². The molecule has 0 aliphatic heterocycles. The Labute approximate surface area is 539 Å². The zero-order chi connectivity index (χ0) is 66.7. The lowest BCUT2D eigenvalue weighted by Gasteiger charge is -2.26. The highest BCUT2D eigenvalue weighted by Gasteiger charge is 2.34. The standard InChI is InChI=1S/C72H102N8O11/c1-10-13-15-28-61(49(4)81)78-70(89)57(34-37-66(85)90-40-11-2)45-59(82)48-77-67(86)58(43-52-30-33-54-25-18-19-26-55(54)42-52)47-64(83)62(29-22-39-76-71(73)75-9)79-69(88)56(27-20-21-38-74-8)46-65(84)63(44-51-31-35-60(36-32-51)91-72(5,6)7)80-68(87)53(12-3)41-50-23-16-14-17-24-50/h11,14,16-19,23-26,30-33,35-36,42,53,56-58,61-63,74H,2,10,12-13,15,20-22,27-29,34,37-41,43-48H2,1,3-9H3,(H,77,86)(H,78,89)(H,79,88)(H,80,87)(H3,73,75,76)/t53-,56+,57-,58+,61-,62+,63-/m0/s1. The van der Waals surface area contributed by atoms with Crippen molar-refractivity contribution in [2.45, 2.75) is 181 Å². The Bertz CT molecular complexity index is 3020. The highest BCUT2D eigenvalue weighted by atomic mass is 16.5. The molecule has 7 atom stereocenters. The average Bonchev–Trinajstić information content (AvgIpc) is 2.03. The predicted octanol–water partition coefficient (Wildman–Crippen LogP) is 8.75. The highest BCUT2D eigenvalue weighted by molar-refractivity contribution is 5.97. The lowest BCUT2D eigenvalue weighted by molar-refractivity contribution is -0.143. The van der Waals surface area contributed by atoms with Crippen molar-refractivity contribution in [1.82, 2.24) is 31.9 Å². The second-order valence-electron chi connectivity index (χ2n) is 24.7. The third kappa shape index (κ3) is 28.8. The number of nitrogens with zero attached hydrogens (tertiary/aromatic N) is 1. The lowest BCUT2D eigenvalue weighted by atomic mass is 9.88. The molecule has 0 fully saturated rings. The fraction of sp³-hybridized carbons (Fsp3) is 0.528. The number of nitrogens with one attached hydrogen (secondary N) is 6. The number of amides is 4. The summed E-state index contributed by atoms with van der Waals surface area (Å²) in [6.45, 7) is 15.2. The summed E-state index contributed by atoms with van der Waals surface area (Å²) in [5.41, 5.74) is 8.02. The number of guanidine groups is 1. The van der Waals surface area contributed by atoms with Gasteiger partial charge in [-0.05, 0) is 145 Å². The van der Waals surface area contributed by atoms with E-state index in [2.05, 4.69) is 43.5 Å². The smallest absolute Gasteiger partial charge is 0.306 e. The largest absolute Gasteiger partial charge is 0.488 e. The van der Waals surface area contributed by atoms with Crippen LogP contribution < -0.4 is 42.4 Å². The molecule has 4 rings (SSSR count). The molecule has 4 amide bonds. The third-order valence-electron chi connectivity index (χ3n) is 16.0. The van der Waals surface area contributed by atoms with Gasteiger partial charge in [-0.15, -0.1) is 0 Å². The Morgan fingerprint density at radius 3 is 1.82 bits per heavy atom. The Balaban J connectivity index is 1.68. The molecular formula is C72H102N8O11. The summed E-state index contributed by atoms with van der Waals surface area (Å²) in [7, 11) is 3.36. The minimum atomic E-state index is -1.15. The molecule has 496 valence electrons. The van der Waals surface area contributed by atoms with Crippen LogP contribution in [0, 0.1) is 23.7 Å². The number of nitrogens with two attached hydrogens (primary N) is 1. The molecule has 0 unspecified atom stereocenters. The van der Waals surface area contributed by atoms with E-state index < -0.39 is 89.2 Å². The van der Waals surface area contributed by atoms with Gasteiger partial charge in [0.05, 0.1) is 24.7 Å². The Kier molecular flexibility index (Phi) is 33.7. The van der Waals surface area contributed by atoms with Gasteiger partial charge in [0.2, 0.25) is 23.6 Å². The molecule has 0 saturated heterocycles. The Hall–Kier alpha value is -8.06. The van der Waals surface area contributed by atoms with Crippen molar-refractivity contribution < 1.29 is 52.6 Å². The first kappa shape index (κ1) is 75.4. The van der Waals surface area contributed by atoms with E-state index in [1.807, 2.05) is 139 Å². The van der Waals surface area contributed by atoms with Crippen LogP contribution in [0.1, 0.15) is 155 Å². The van der Waals surface area contributed by atoms with Crippen molar-refractivity contribution in [3.8, 4) is 5.75 Å². The number of carbonyl (C=O) groups excluding carboxylic acids is 9. The molecule has 0 saturated carbocycles. The number of rotatable bonds is 44. The molecule has 0 aromatic heterocycles. The minimum absolute atomic E-state index is 0.0376. The van der Waals surface area contributed by atoms with Crippen molar-refractivity contribution in [2.75, 3.05) is 40.3 Å². The second-order valence-corrected chi connectivity index (χ2v) is 24.7. The van der Waals surface area contributed by atoms with Crippen LogP contribution in [0.15, 0.2) is 115 Å². The fourth-order valence-corrected chi connectivity index (χ4v) is 10.8. The highest BCUT2D eigenvalue weighted by Crippen LogP contribution is 2.25. The Morgan fingerprint density at radius 1 is 0.593 bits per heavy atom. The van der Waals surface area contributed by atoms with E-state index in [1.54, 1.807) is 0 Å². The number of ether oxygens (including phenoxy) is 2. The maximum Gasteiger partial charge on any atom is 0.306 e. The van der Waals surface area contributed by atoms with Gasteiger partial charge in [-0.25, -0.2) is 0 Å². The zero-order valence-electron chi connectivity index (χ0n) is 55.1. The summed E-state index contributed by atoms with van der Waals surface area (Å²) in [6.07, 6.45) is 6.20. The first-order valence-electron chi connectivity index (χ1n) is 32.5. The third-order valence-corrected chi connectivity index (χ3v) is 16.0. The number of unbranched alkanes of at least 4 members (excludes halogenated alkanes) is 3. The Morgan fingerprint density at radius 2 is 1.18 bits per heavy atom. The topological polar surface area (TPSA) is 283 Å². The van der Waals surface area contributed by atoms with Gasteiger partial charge in [0.15, 0.2) is 29.1 Å². The monoisotopic (exact) mass is 1250 g/mol. The number of ketones is 4. The molecule has 0 aliphatic carbocycles. The van der Waals surface area contributed by atoms with E-state index in [4.69, 9.17) is 15.2 Å². The molecule has 0 spiro atoms. The zero-order valence-corrected chi connectivity index (χ0v) is 55.1. The van der Waals surface area contributed by atoms with Gasteiger partial charge in [0.25, 0.3) is 0 Å². The summed E-state index contributed by atoms with van der Waals surface area (Å²) in [6, 6.07) is 27.6. The van der Waals surface area contributed by atoms with Gasteiger partial charge in [-0.3, -0.25) is 48.1 Å². The molecule has 8 N–H and O–H groups in total. The molecule has 19 nitrogen and oxygen atoms in total. The van der Waals surface area contributed by atoms with Crippen molar-refractivity contribution in [3.05, 3.63) is 126 Å². The van der Waals surface area contributed by atoms with E-state index in [9.17, 15) is 33.6 Å². The van der Waals surface area contributed by atoms with Crippen LogP contribution in [0.25, 0.3) is 10.8 Å². The number of esters is 1. The number of hydrogen-bond acceptors (Lipinski definition) is 13. The first-order valence-corrected chi connectivity index (χ1v) is 32.5. The van der Waals surface area contributed by atoms with Crippen molar-refractivity contribution in [3.63, 3.8) is 0 Å². The average molecular weight is 1260 g/mol. The summed E-state index contributed by atoms with van der Waals surface area (Å²) in [5, 5.41) is 19.7. The van der Waals surface area contributed by atoms with Crippen LogP contribution >= 0.6 is 0 Å². The second kappa shape index (κ2) is 40.6. The molecule has 4 aromatic carbocycles. The van der Waals surface area contributed by atoms with Crippen LogP contribution in [-0.2, 0) is 67.2 Å². The molecule has 0 aliphatic rings. The van der Waals surface area contributed by atoms with Crippen LogP contribution in [0.5, 0.6) is 5.75 Å². The molecular weight excluding hydrogens is 1150 g/mol. The van der Waals surface area contributed by atoms with E-state index in [0.717, 1.165) is 40.3 Å². The molecule has 91 heavy (non-hydrogen) atoms. The summed E-state index contributed by atoms with van der Waals surface area (Å²) in [4.78, 5) is 131. The molecule has 0 heterocycles. The minimum Gasteiger partial charge on any atom is -0.488 e.